The summed E-state index contributed by atoms with van der Waals surface area (Å²) < 4.78 is 28.7. The first kappa shape index (κ1) is 15.3. The van der Waals surface area contributed by atoms with Crippen LogP contribution in [0.4, 0.5) is 0 Å². The van der Waals surface area contributed by atoms with E-state index in [2.05, 4.69) is 23.6 Å². The number of imidazole rings is 1. The van der Waals surface area contributed by atoms with Gasteiger partial charge in [0.15, 0.2) is 10.2 Å². The molecule has 0 spiro atoms. The van der Waals surface area contributed by atoms with Crippen LogP contribution in [-0.4, -0.2) is 24.3 Å². The highest BCUT2D eigenvalue weighted by Crippen LogP contribution is 2.22. The van der Waals surface area contributed by atoms with Crippen molar-refractivity contribution >= 4 is 27.3 Å². The van der Waals surface area contributed by atoms with Gasteiger partial charge in [-0.25, -0.2) is 18.1 Å². The zero-order valence-corrected chi connectivity index (χ0v) is 13.1. The van der Waals surface area contributed by atoms with E-state index in [9.17, 15) is 8.42 Å². The number of hydrogen-bond donors (Lipinski definition) is 1. The van der Waals surface area contributed by atoms with Crippen molar-refractivity contribution in [3.05, 3.63) is 29.5 Å². The molecule has 0 radical (unpaired) electrons. The lowest BCUT2D eigenvalue weighted by Gasteiger charge is -2.08. The van der Waals surface area contributed by atoms with Crippen molar-refractivity contribution < 1.29 is 8.42 Å². The monoisotopic (exact) mass is 315 g/mol. The van der Waals surface area contributed by atoms with E-state index in [1.165, 1.54) is 4.40 Å². The first-order valence-electron chi connectivity index (χ1n) is 6.54. The molecular formula is C13H18ClN3O2S. The summed E-state index contributed by atoms with van der Waals surface area (Å²) in [5, 5.41) is -0.00752. The fourth-order valence-electron chi connectivity index (χ4n) is 1.97. The normalized spacial score (nSPS) is 12.4. The second-order valence-corrected chi connectivity index (χ2v) is 7.11. The fraction of sp³-hybridized carbons (Fsp3) is 0.462. The Morgan fingerprint density at radius 1 is 1.40 bits per heavy atom. The van der Waals surface area contributed by atoms with Crippen LogP contribution < -0.4 is 4.72 Å². The molecule has 5 nitrogen and oxygen atoms in total. The zero-order valence-electron chi connectivity index (χ0n) is 11.5. The summed E-state index contributed by atoms with van der Waals surface area (Å²) >= 11 is 5.96. The smallest absolute Gasteiger partial charge is 0.259 e. The molecule has 2 rings (SSSR count). The van der Waals surface area contributed by atoms with Crippen LogP contribution in [0.15, 0.2) is 29.4 Å². The van der Waals surface area contributed by atoms with Crippen molar-refractivity contribution in [3.8, 4) is 0 Å². The second kappa shape index (κ2) is 6.11. The number of aromatic nitrogens is 2. The molecule has 0 aromatic carbocycles. The first-order chi connectivity index (χ1) is 9.42. The average molecular weight is 316 g/mol. The van der Waals surface area contributed by atoms with Crippen LogP contribution in [0.5, 0.6) is 0 Å². The third kappa shape index (κ3) is 3.31. The summed E-state index contributed by atoms with van der Waals surface area (Å²) in [4.78, 5) is 4.05. The second-order valence-electron chi connectivity index (χ2n) is 5.07. The fourth-order valence-corrected chi connectivity index (χ4v) is 3.68. The Bertz CT molecular complexity index is 695. The summed E-state index contributed by atoms with van der Waals surface area (Å²) in [6.07, 6.45) is 3.41. The van der Waals surface area contributed by atoms with E-state index in [-0.39, 0.29) is 10.2 Å². The standard InChI is InChI=1S/C13H18ClN3O2S/c1-10(2)6-5-8-15-20(18,19)13-12(14)16-11-7-3-4-9-17(11)13/h3-4,7,9-10,15H,5-6,8H2,1-2H3. The van der Waals surface area contributed by atoms with Crippen LogP contribution in [-0.2, 0) is 10.0 Å². The van der Waals surface area contributed by atoms with Crippen molar-refractivity contribution in [2.24, 2.45) is 5.92 Å². The predicted octanol–water partition coefficient (Wildman–Crippen LogP) is 2.70. The van der Waals surface area contributed by atoms with Crippen LogP contribution in [0.2, 0.25) is 5.15 Å². The van der Waals surface area contributed by atoms with Crippen LogP contribution in [0.1, 0.15) is 26.7 Å². The summed E-state index contributed by atoms with van der Waals surface area (Å²) in [5.74, 6) is 0.555. The summed E-state index contributed by atoms with van der Waals surface area (Å²) in [6, 6.07) is 5.23. The molecule has 110 valence electrons. The van der Waals surface area contributed by atoms with Gasteiger partial charge in [0.05, 0.1) is 0 Å². The minimum atomic E-state index is -3.65. The van der Waals surface area contributed by atoms with Crippen LogP contribution in [0.3, 0.4) is 0 Å². The van der Waals surface area contributed by atoms with Gasteiger partial charge in [0.1, 0.15) is 5.65 Å². The largest absolute Gasteiger partial charge is 0.288 e. The molecule has 1 N–H and O–H groups in total. The lowest BCUT2D eigenvalue weighted by Crippen LogP contribution is -2.26. The third-order valence-electron chi connectivity index (χ3n) is 2.95. The van der Waals surface area contributed by atoms with Gasteiger partial charge in [0.2, 0.25) is 0 Å². The molecule has 20 heavy (non-hydrogen) atoms. The maximum atomic E-state index is 12.3. The lowest BCUT2D eigenvalue weighted by molar-refractivity contribution is 0.538. The van der Waals surface area contributed by atoms with Crippen molar-refractivity contribution in [2.45, 2.75) is 31.7 Å². The number of rotatable bonds is 6. The highest BCUT2D eigenvalue weighted by molar-refractivity contribution is 7.89. The van der Waals surface area contributed by atoms with Crippen LogP contribution in [0.25, 0.3) is 5.65 Å². The number of halogens is 1. The summed E-state index contributed by atoms with van der Waals surface area (Å²) in [7, 11) is -3.65. The molecule has 0 aliphatic rings. The van der Waals surface area contributed by atoms with Crippen molar-refractivity contribution in [2.75, 3.05) is 6.54 Å². The van der Waals surface area contributed by atoms with Gasteiger partial charge < -0.3 is 0 Å². The maximum Gasteiger partial charge on any atom is 0.259 e. The van der Waals surface area contributed by atoms with E-state index in [1.807, 2.05) is 0 Å². The number of nitrogens with zero attached hydrogens (tertiary/aromatic N) is 2. The topological polar surface area (TPSA) is 63.5 Å². The van der Waals surface area contributed by atoms with Crippen LogP contribution in [0, 0.1) is 5.92 Å². The highest BCUT2D eigenvalue weighted by atomic mass is 35.5. The van der Waals surface area contributed by atoms with Crippen molar-refractivity contribution in [1.29, 1.82) is 0 Å². The Morgan fingerprint density at radius 3 is 2.85 bits per heavy atom. The zero-order chi connectivity index (χ0) is 14.8. The molecule has 0 bridgehead atoms. The van der Waals surface area contributed by atoms with Gasteiger partial charge >= 0.3 is 0 Å². The molecule has 0 amide bonds. The molecule has 0 unspecified atom stereocenters. The maximum absolute atomic E-state index is 12.3. The first-order valence-corrected chi connectivity index (χ1v) is 8.40. The Morgan fingerprint density at radius 2 is 2.15 bits per heavy atom. The van der Waals surface area contributed by atoms with Crippen LogP contribution >= 0.6 is 11.6 Å². The molecule has 2 aromatic rings. The Kier molecular flexibility index (Phi) is 4.67. The van der Waals surface area contributed by atoms with E-state index in [0.29, 0.717) is 18.1 Å². The average Bonchev–Trinajstić information content (AvgIpc) is 2.71. The highest BCUT2D eigenvalue weighted by Gasteiger charge is 2.23. The lowest BCUT2D eigenvalue weighted by atomic mass is 10.1. The quantitative estimate of drug-likeness (QED) is 0.834. The van der Waals surface area contributed by atoms with Gasteiger partial charge in [-0.15, -0.1) is 0 Å². The van der Waals surface area contributed by atoms with Crippen molar-refractivity contribution in [3.63, 3.8) is 0 Å². The van der Waals surface area contributed by atoms with E-state index in [4.69, 9.17) is 11.6 Å². The number of fused-ring (bicyclic) bond motifs is 1. The van der Waals surface area contributed by atoms with E-state index in [0.717, 1.165) is 12.8 Å². The Balaban J connectivity index is 2.21. The molecule has 0 fully saturated rings. The van der Waals surface area contributed by atoms with Gasteiger partial charge in [-0.1, -0.05) is 31.5 Å². The number of nitrogens with one attached hydrogen (secondary N) is 1. The molecule has 0 aliphatic heterocycles. The molecule has 0 saturated heterocycles. The molecule has 2 heterocycles. The Hall–Kier alpha value is -1.11. The van der Waals surface area contributed by atoms with Gasteiger partial charge in [0, 0.05) is 12.7 Å². The minimum Gasteiger partial charge on any atom is -0.288 e. The third-order valence-corrected chi connectivity index (χ3v) is 4.81. The Labute approximate surface area is 124 Å². The van der Waals surface area contributed by atoms with Gasteiger partial charge in [-0.3, -0.25) is 4.40 Å². The summed E-state index contributed by atoms with van der Waals surface area (Å²) in [5.41, 5.74) is 0.514. The van der Waals surface area contributed by atoms with E-state index >= 15 is 0 Å². The summed E-state index contributed by atoms with van der Waals surface area (Å²) in [6.45, 7) is 4.61. The SMILES string of the molecule is CC(C)CCCNS(=O)(=O)c1c(Cl)nc2ccccn12. The van der Waals surface area contributed by atoms with E-state index in [1.54, 1.807) is 24.4 Å². The number of hydrogen-bond acceptors (Lipinski definition) is 3. The number of sulfonamides is 1. The molecule has 0 aliphatic carbocycles. The van der Waals surface area contributed by atoms with Crippen molar-refractivity contribution in [1.82, 2.24) is 14.1 Å². The molecular weight excluding hydrogens is 298 g/mol. The van der Waals surface area contributed by atoms with Gasteiger partial charge in [-0.05, 0) is 30.9 Å². The molecule has 7 heteroatoms. The molecule has 0 atom stereocenters. The molecule has 2 aromatic heterocycles. The predicted molar refractivity (Wildman–Crippen MR) is 79.5 cm³/mol. The number of pyridine rings is 1. The van der Waals surface area contributed by atoms with Gasteiger partial charge in [0.25, 0.3) is 10.0 Å². The minimum absolute atomic E-state index is 0.000636. The van der Waals surface area contributed by atoms with E-state index < -0.39 is 10.0 Å². The van der Waals surface area contributed by atoms with Gasteiger partial charge in [-0.2, -0.15) is 0 Å². The molecule has 0 saturated carbocycles.